The third-order valence-corrected chi connectivity index (χ3v) is 3.77. The highest BCUT2D eigenvalue weighted by Gasteiger charge is 2.16. The van der Waals surface area contributed by atoms with Crippen molar-refractivity contribution in [1.29, 1.82) is 0 Å². The van der Waals surface area contributed by atoms with E-state index in [2.05, 4.69) is 5.32 Å². The Bertz CT molecular complexity index is 717. The molecule has 1 atom stereocenters. The van der Waals surface area contributed by atoms with E-state index in [9.17, 15) is 14.3 Å². The maximum atomic E-state index is 12.8. The lowest BCUT2D eigenvalue weighted by atomic mass is 10.0. The van der Waals surface area contributed by atoms with Crippen LogP contribution >= 0.6 is 0 Å². The molecule has 1 heterocycles. The second kappa shape index (κ2) is 7.31. The summed E-state index contributed by atoms with van der Waals surface area (Å²) in [7, 11) is 0. The van der Waals surface area contributed by atoms with E-state index in [4.69, 9.17) is 9.47 Å². The normalized spacial score (nSPS) is 13.8. The van der Waals surface area contributed by atoms with Gasteiger partial charge in [0.1, 0.15) is 17.3 Å². The lowest BCUT2D eigenvalue weighted by Crippen LogP contribution is -2.32. The van der Waals surface area contributed by atoms with Gasteiger partial charge in [0, 0.05) is 13.0 Å². The predicted molar refractivity (Wildman–Crippen MR) is 85.5 cm³/mol. The maximum Gasteiger partial charge on any atom is 0.258 e. The third kappa shape index (κ3) is 4.02. The van der Waals surface area contributed by atoms with Gasteiger partial charge in [-0.25, -0.2) is 4.39 Å². The van der Waals surface area contributed by atoms with Gasteiger partial charge >= 0.3 is 0 Å². The van der Waals surface area contributed by atoms with Crippen LogP contribution < -0.4 is 14.8 Å². The first-order valence-corrected chi connectivity index (χ1v) is 7.70. The molecule has 0 spiro atoms. The molecule has 126 valence electrons. The molecular formula is C18H18FNO4. The Labute approximate surface area is 139 Å². The molecule has 0 bridgehead atoms. The molecule has 0 radical (unpaired) electrons. The molecule has 0 saturated carbocycles. The zero-order valence-corrected chi connectivity index (χ0v) is 13.0. The van der Waals surface area contributed by atoms with Gasteiger partial charge < -0.3 is 19.9 Å². The Kier molecular flexibility index (Phi) is 4.96. The average molecular weight is 331 g/mol. The number of nitrogens with one attached hydrogen (secondary N) is 1. The molecule has 1 aliphatic heterocycles. The van der Waals surface area contributed by atoms with Crippen LogP contribution in [0.15, 0.2) is 42.5 Å². The summed E-state index contributed by atoms with van der Waals surface area (Å²) in [6.07, 6.45) is 0.0268. The fourth-order valence-electron chi connectivity index (χ4n) is 2.47. The molecule has 0 fully saturated rings. The largest absolute Gasteiger partial charge is 0.493 e. The number of hydrogen-bond acceptors (Lipinski definition) is 4. The Hall–Kier alpha value is -2.60. The summed E-state index contributed by atoms with van der Waals surface area (Å²) in [5.74, 6) is 0.533. The number of hydrogen-bond donors (Lipinski definition) is 2. The van der Waals surface area contributed by atoms with Crippen molar-refractivity contribution in [2.24, 2.45) is 0 Å². The average Bonchev–Trinajstić information content (AvgIpc) is 3.06. The van der Waals surface area contributed by atoms with Crippen molar-refractivity contribution in [1.82, 2.24) is 5.32 Å². The third-order valence-electron chi connectivity index (χ3n) is 3.77. The van der Waals surface area contributed by atoms with Crippen LogP contribution in [0.2, 0.25) is 0 Å². The number of ether oxygens (including phenoxy) is 2. The Balaban J connectivity index is 1.46. The van der Waals surface area contributed by atoms with Crippen LogP contribution in [0, 0.1) is 5.82 Å². The van der Waals surface area contributed by atoms with E-state index in [1.807, 2.05) is 12.1 Å². The number of amides is 1. The maximum absolute atomic E-state index is 12.8. The summed E-state index contributed by atoms with van der Waals surface area (Å²) in [5, 5.41) is 12.8. The highest BCUT2D eigenvalue weighted by molar-refractivity contribution is 5.77. The summed E-state index contributed by atoms with van der Waals surface area (Å²) in [4.78, 5) is 11.8. The number of carbonyl (C=O) groups is 1. The van der Waals surface area contributed by atoms with Gasteiger partial charge in [-0.1, -0.05) is 6.07 Å². The fraction of sp³-hybridized carbons (Fsp3) is 0.278. The molecule has 0 saturated heterocycles. The Morgan fingerprint density at radius 2 is 2.08 bits per heavy atom. The topological polar surface area (TPSA) is 67.8 Å². The second-order valence-corrected chi connectivity index (χ2v) is 5.53. The van der Waals surface area contributed by atoms with Gasteiger partial charge in [-0.2, -0.15) is 0 Å². The molecular weight excluding hydrogens is 313 g/mol. The van der Waals surface area contributed by atoms with Gasteiger partial charge in [0.25, 0.3) is 5.91 Å². The number of fused-ring (bicyclic) bond motifs is 1. The first kappa shape index (κ1) is 16.3. The van der Waals surface area contributed by atoms with Gasteiger partial charge in [-0.15, -0.1) is 0 Å². The van der Waals surface area contributed by atoms with E-state index in [1.165, 1.54) is 24.3 Å². The number of carbonyl (C=O) groups excluding carboxylic acids is 1. The van der Waals surface area contributed by atoms with Crippen LogP contribution in [-0.4, -0.2) is 30.8 Å². The quantitative estimate of drug-likeness (QED) is 0.849. The van der Waals surface area contributed by atoms with E-state index in [0.717, 1.165) is 23.3 Å². The molecule has 24 heavy (non-hydrogen) atoms. The van der Waals surface area contributed by atoms with E-state index in [-0.39, 0.29) is 24.9 Å². The molecule has 2 aromatic carbocycles. The minimum atomic E-state index is -0.800. The van der Waals surface area contributed by atoms with Crippen molar-refractivity contribution in [2.75, 3.05) is 19.8 Å². The fourth-order valence-corrected chi connectivity index (χ4v) is 2.47. The first-order valence-electron chi connectivity index (χ1n) is 7.70. The number of rotatable bonds is 6. The minimum absolute atomic E-state index is 0.0885. The summed E-state index contributed by atoms with van der Waals surface area (Å²) in [6, 6.07) is 10.9. The first-order chi connectivity index (χ1) is 11.6. The van der Waals surface area contributed by atoms with Crippen molar-refractivity contribution >= 4 is 5.91 Å². The van der Waals surface area contributed by atoms with Crippen LogP contribution in [0.4, 0.5) is 4.39 Å². The number of aliphatic hydroxyl groups excluding tert-OH is 1. The Morgan fingerprint density at radius 3 is 2.88 bits per heavy atom. The number of benzene rings is 2. The lowest BCUT2D eigenvalue weighted by Gasteiger charge is -2.13. The molecule has 0 aromatic heterocycles. The molecule has 5 nitrogen and oxygen atoms in total. The summed E-state index contributed by atoms with van der Waals surface area (Å²) in [5.41, 5.74) is 1.80. The highest BCUT2D eigenvalue weighted by Crippen LogP contribution is 2.27. The van der Waals surface area contributed by atoms with Gasteiger partial charge in [-0.05, 0) is 47.5 Å². The zero-order chi connectivity index (χ0) is 16.9. The van der Waals surface area contributed by atoms with Gasteiger partial charge in [0.2, 0.25) is 0 Å². The van der Waals surface area contributed by atoms with Crippen molar-refractivity contribution in [3.63, 3.8) is 0 Å². The zero-order valence-electron chi connectivity index (χ0n) is 13.0. The lowest BCUT2D eigenvalue weighted by molar-refractivity contribution is -0.123. The van der Waals surface area contributed by atoms with Crippen molar-refractivity contribution in [3.8, 4) is 11.5 Å². The minimum Gasteiger partial charge on any atom is -0.493 e. The molecule has 1 unspecified atom stereocenters. The number of aliphatic hydroxyl groups is 1. The summed E-state index contributed by atoms with van der Waals surface area (Å²) < 4.78 is 23.4. The van der Waals surface area contributed by atoms with Crippen LogP contribution in [0.25, 0.3) is 0 Å². The smallest absolute Gasteiger partial charge is 0.258 e. The molecule has 0 aliphatic carbocycles. The number of halogens is 1. The Morgan fingerprint density at radius 1 is 1.29 bits per heavy atom. The monoisotopic (exact) mass is 331 g/mol. The van der Waals surface area contributed by atoms with E-state index in [1.54, 1.807) is 6.07 Å². The highest BCUT2D eigenvalue weighted by atomic mass is 19.1. The molecule has 2 N–H and O–H groups in total. The SMILES string of the molecule is O=C(COc1ccc(F)cc1)NCC(O)c1ccc2c(c1)CCO2. The standard InChI is InChI=1S/C18H18FNO4/c19-14-2-4-15(5-3-14)24-11-18(22)20-10-16(21)12-1-6-17-13(9-12)7-8-23-17/h1-6,9,16,21H,7-8,10-11H2,(H,20,22). The summed E-state index contributed by atoms with van der Waals surface area (Å²) in [6.45, 7) is 0.550. The summed E-state index contributed by atoms with van der Waals surface area (Å²) >= 11 is 0. The van der Waals surface area contributed by atoms with Crippen molar-refractivity contribution in [2.45, 2.75) is 12.5 Å². The van der Waals surface area contributed by atoms with E-state index < -0.39 is 6.10 Å². The van der Waals surface area contributed by atoms with Gasteiger partial charge in [0.05, 0.1) is 12.7 Å². The van der Waals surface area contributed by atoms with E-state index >= 15 is 0 Å². The predicted octanol–water partition coefficient (Wildman–Crippen LogP) is 1.99. The van der Waals surface area contributed by atoms with Crippen LogP contribution in [0.1, 0.15) is 17.2 Å². The second-order valence-electron chi connectivity index (χ2n) is 5.53. The van der Waals surface area contributed by atoms with Gasteiger partial charge in [0.15, 0.2) is 6.61 Å². The molecule has 2 aromatic rings. The van der Waals surface area contributed by atoms with Crippen molar-refractivity contribution in [3.05, 3.63) is 59.4 Å². The van der Waals surface area contributed by atoms with Gasteiger partial charge in [-0.3, -0.25) is 4.79 Å². The molecule has 1 amide bonds. The van der Waals surface area contributed by atoms with E-state index in [0.29, 0.717) is 12.4 Å². The molecule has 6 heteroatoms. The van der Waals surface area contributed by atoms with Crippen LogP contribution in [-0.2, 0) is 11.2 Å². The van der Waals surface area contributed by atoms with Crippen molar-refractivity contribution < 1.29 is 23.8 Å². The molecule has 1 aliphatic rings. The van der Waals surface area contributed by atoms with Crippen LogP contribution in [0.5, 0.6) is 11.5 Å². The van der Waals surface area contributed by atoms with Crippen LogP contribution in [0.3, 0.4) is 0 Å². The molecule has 3 rings (SSSR count).